The quantitative estimate of drug-likeness (QED) is 0.311. The molecular formula is C29H36O9. The van der Waals surface area contributed by atoms with Crippen molar-refractivity contribution in [2.24, 2.45) is 10.8 Å². The van der Waals surface area contributed by atoms with Gasteiger partial charge < -0.3 is 33.5 Å². The van der Waals surface area contributed by atoms with Crippen molar-refractivity contribution >= 4 is 11.9 Å². The predicted octanol–water partition coefficient (Wildman–Crippen LogP) is 2.33. The van der Waals surface area contributed by atoms with Crippen LogP contribution in [-0.4, -0.2) is 85.2 Å². The topological polar surface area (TPSA) is 116 Å². The summed E-state index contributed by atoms with van der Waals surface area (Å²) in [6.07, 6.45) is 8.09. The number of esters is 2. The van der Waals surface area contributed by atoms with Crippen LogP contribution in [0.2, 0.25) is 0 Å². The van der Waals surface area contributed by atoms with Crippen LogP contribution in [0.1, 0.15) is 40.5 Å². The Morgan fingerprint density at radius 3 is 2.61 bits per heavy atom. The second-order valence-electron chi connectivity index (χ2n) is 11.7. The molecule has 38 heavy (non-hydrogen) atoms. The van der Waals surface area contributed by atoms with Crippen molar-refractivity contribution in [2.45, 2.75) is 88.9 Å². The van der Waals surface area contributed by atoms with Crippen LogP contribution in [0.3, 0.4) is 0 Å². The van der Waals surface area contributed by atoms with Gasteiger partial charge in [-0.2, -0.15) is 0 Å². The van der Waals surface area contributed by atoms with Crippen molar-refractivity contribution in [1.82, 2.24) is 0 Å². The third-order valence-corrected chi connectivity index (χ3v) is 9.58. The number of hydrogen-bond donors (Lipinski definition) is 1. The first kappa shape index (κ1) is 26.0. The van der Waals surface area contributed by atoms with Crippen LogP contribution < -0.4 is 0 Å². The molecule has 2 bridgehead atoms. The standard InChI is InChI=1S/C29H36O9/c1-16-9-10-33-19(18(3)30)7-5-6-8-23(31)37-20-13-22-29(15-35-29)27(20,4)28(14-34-24(32)11-16)21(36-22)12-17(2)25-26(28)38-25/h5-8,11-12,18-22,25-26,30H,9-10,13-15H2,1-4H3/t18?,19?,20-,21-,22?,25?,26-,27?,28-,29+/m1/s1. The molecule has 9 heteroatoms. The van der Waals surface area contributed by atoms with E-state index in [1.54, 1.807) is 25.2 Å². The van der Waals surface area contributed by atoms with Gasteiger partial charge in [-0.15, -0.1) is 0 Å². The lowest BCUT2D eigenvalue weighted by Crippen LogP contribution is -2.69. The lowest BCUT2D eigenvalue weighted by molar-refractivity contribution is -0.235. The van der Waals surface area contributed by atoms with Crippen molar-refractivity contribution < 1.29 is 43.1 Å². The molecule has 0 radical (unpaired) electrons. The van der Waals surface area contributed by atoms with E-state index in [0.29, 0.717) is 26.1 Å². The maximum Gasteiger partial charge on any atom is 0.331 e. The van der Waals surface area contributed by atoms with Crippen LogP contribution in [0.15, 0.2) is 47.6 Å². The molecule has 3 saturated heterocycles. The molecule has 0 aromatic carbocycles. The zero-order valence-electron chi connectivity index (χ0n) is 22.3. The van der Waals surface area contributed by atoms with Crippen LogP contribution in [0.25, 0.3) is 0 Å². The van der Waals surface area contributed by atoms with Gasteiger partial charge in [-0.1, -0.05) is 36.8 Å². The third kappa shape index (κ3) is 3.78. The van der Waals surface area contributed by atoms with E-state index in [-0.39, 0.29) is 31.0 Å². The lowest BCUT2D eigenvalue weighted by atomic mass is 9.51. The van der Waals surface area contributed by atoms with Gasteiger partial charge in [-0.05, 0) is 32.8 Å². The van der Waals surface area contributed by atoms with E-state index >= 15 is 0 Å². The van der Waals surface area contributed by atoms with Crippen molar-refractivity contribution in [3.63, 3.8) is 0 Å². The Morgan fingerprint density at radius 1 is 1.08 bits per heavy atom. The number of epoxide rings is 2. The fourth-order valence-electron chi connectivity index (χ4n) is 7.26. The normalized spacial score (nSPS) is 47.0. The first-order chi connectivity index (χ1) is 18.1. The summed E-state index contributed by atoms with van der Waals surface area (Å²) >= 11 is 0. The molecule has 1 N–H and O–H groups in total. The summed E-state index contributed by atoms with van der Waals surface area (Å²) < 4.78 is 36.8. The summed E-state index contributed by atoms with van der Waals surface area (Å²) in [5.74, 6) is -0.948. The van der Waals surface area contributed by atoms with E-state index in [1.807, 2.05) is 13.8 Å². The monoisotopic (exact) mass is 528 g/mol. The zero-order chi connectivity index (χ0) is 26.9. The van der Waals surface area contributed by atoms with E-state index in [1.165, 1.54) is 12.2 Å². The van der Waals surface area contributed by atoms with Crippen LogP contribution in [0.5, 0.6) is 0 Å². The lowest BCUT2D eigenvalue weighted by Gasteiger charge is -2.57. The molecule has 6 aliphatic rings. The van der Waals surface area contributed by atoms with Gasteiger partial charge in [-0.25, -0.2) is 9.59 Å². The van der Waals surface area contributed by atoms with E-state index in [9.17, 15) is 14.7 Å². The predicted molar refractivity (Wildman–Crippen MR) is 134 cm³/mol. The Kier molecular flexibility index (Phi) is 6.23. The van der Waals surface area contributed by atoms with Gasteiger partial charge in [0.05, 0.1) is 42.4 Å². The second-order valence-corrected chi connectivity index (χ2v) is 11.7. The van der Waals surface area contributed by atoms with Gasteiger partial charge in [-0.3, -0.25) is 0 Å². The summed E-state index contributed by atoms with van der Waals surface area (Å²) in [5.41, 5.74) is -0.222. The molecule has 0 aromatic rings. The van der Waals surface area contributed by atoms with E-state index in [0.717, 1.165) is 11.1 Å². The molecule has 2 spiro atoms. The highest BCUT2D eigenvalue weighted by Gasteiger charge is 2.87. The maximum absolute atomic E-state index is 13.0. The number of ether oxygens (including phenoxy) is 6. The van der Waals surface area contributed by atoms with Crippen LogP contribution in [-0.2, 0) is 38.0 Å². The Morgan fingerprint density at radius 2 is 1.87 bits per heavy atom. The molecule has 4 aliphatic heterocycles. The number of aliphatic hydroxyl groups excluding tert-OH is 1. The summed E-state index contributed by atoms with van der Waals surface area (Å²) in [5, 5.41) is 10.1. The van der Waals surface area contributed by atoms with Gasteiger partial charge in [0.25, 0.3) is 0 Å². The van der Waals surface area contributed by atoms with Crippen molar-refractivity contribution in [2.75, 3.05) is 19.8 Å². The van der Waals surface area contributed by atoms with E-state index in [2.05, 4.69) is 13.0 Å². The maximum atomic E-state index is 13.0. The Labute approximate surface area is 222 Å². The minimum absolute atomic E-state index is 0.0484. The molecule has 206 valence electrons. The number of allylic oxidation sites excluding steroid dienone is 2. The fourth-order valence-corrected chi connectivity index (χ4v) is 7.26. The zero-order valence-corrected chi connectivity index (χ0v) is 22.3. The molecular weight excluding hydrogens is 492 g/mol. The highest BCUT2D eigenvalue weighted by atomic mass is 16.7. The van der Waals surface area contributed by atoms with Gasteiger partial charge in [0, 0.05) is 18.6 Å². The molecule has 0 amide bonds. The number of hydrogen-bond acceptors (Lipinski definition) is 9. The number of aliphatic hydroxyl groups is 1. The van der Waals surface area contributed by atoms with Gasteiger partial charge >= 0.3 is 11.9 Å². The molecule has 1 saturated carbocycles. The molecule has 2 aliphatic carbocycles. The Balaban J connectivity index is 1.38. The van der Waals surface area contributed by atoms with E-state index in [4.69, 9.17) is 28.4 Å². The van der Waals surface area contributed by atoms with Crippen LogP contribution >= 0.6 is 0 Å². The average Bonchev–Trinajstić information content (AvgIpc) is 3.76. The molecule has 0 aromatic heterocycles. The molecule has 6 rings (SSSR count). The minimum Gasteiger partial charge on any atom is -0.462 e. The first-order valence-corrected chi connectivity index (χ1v) is 13.4. The molecule has 4 fully saturated rings. The van der Waals surface area contributed by atoms with Gasteiger partial charge in [0.15, 0.2) is 0 Å². The summed E-state index contributed by atoms with van der Waals surface area (Å²) in [4.78, 5) is 26.0. The van der Waals surface area contributed by atoms with E-state index < -0.39 is 46.7 Å². The van der Waals surface area contributed by atoms with Gasteiger partial charge in [0.1, 0.15) is 36.6 Å². The SMILES string of the molecule is CC1=CC(=O)OC[C@]23[C@@H]4OC4C(C)=C[C@H]2OC2C[C@@H](OC(=O)C=CC=CC(C(C)O)OCC1)C3(C)[C@]21CO1. The summed E-state index contributed by atoms with van der Waals surface area (Å²) in [6, 6.07) is 0. The number of rotatable bonds is 1. The van der Waals surface area contributed by atoms with Gasteiger partial charge in [0.2, 0.25) is 0 Å². The van der Waals surface area contributed by atoms with Crippen LogP contribution in [0, 0.1) is 10.8 Å². The molecule has 10 atom stereocenters. The molecule has 9 nitrogen and oxygen atoms in total. The first-order valence-electron chi connectivity index (χ1n) is 13.4. The third-order valence-electron chi connectivity index (χ3n) is 9.58. The second kappa shape index (κ2) is 9.13. The highest BCUT2D eigenvalue weighted by Crippen LogP contribution is 2.74. The smallest absolute Gasteiger partial charge is 0.331 e. The minimum atomic E-state index is -0.786. The van der Waals surface area contributed by atoms with Crippen molar-refractivity contribution in [1.29, 1.82) is 0 Å². The van der Waals surface area contributed by atoms with Crippen LogP contribution in [0.4, 0.5) is 0 Å². The summed E-state index contributed by atoms with van der Waals surface area (Å²) in [6.45, 7) is 8.45. The van der Waals surface area contributed by atoms with Crippen molar-refractivity contribution in [3.8, 4) is 0 Å². The van der Waals surface area contributed by atoms with Crippen molar-refractivity contribution in [3.05, 3.63) is 47.6 Å². The summed E-state index contributed by atoms with van der Waals surface area (Å²) in [7, 11) is 0. The fraction of sp³-hybridized carbons (Fsp3) is 0.655. The number of carbonyl (C=O) groups excluding carboxylic acids is 2. The average molecular weight is 529 g/mol. The number of fused-ring (bicyclic) bond motifs is 1. The largest absolute Gasteiger partial charge is 0.462 e. The highest BCUT2D eigenvalue weighted by molar-refractivity contribution is 5.83. The Bertz CT molecular complexity index is 1130. The molecule has 5 unspecified atom stereocenters. The number of cyclic esters (lactones) is 1. The Hall–Kier alpha value is -2.30. The number of carbonyl (C=O) groups is 2. The molecule has 4 heterocycles.